The average molecular weight is 433 g/mol. The van der Waals surface area contributed by atoms with Crippen LogP contribution >= 0.6 is 28.3 Å². The molecule has 0 aromatic heterocycles. The summed E-state index contributed by atoms with van der Waals surface area (Å²) < 4.78 is 0.994. The molecule has 0 unspecified atom stereocenters. The van der Waals surface area contributed by atoms with Gasteiger partial charge in [0.2, 0.25) is 11.8 Å². The van der Waals surface area contributed by atoms with Crippen molar-refractivity contribution >= 4 is 45.8 Å². The third kappa shape index (κ3) is 6.60. The number of hydrogen-bond donors (Lipinski definition) is 3. The highest BCUT2D eigenvalue weighted by atomic mass is 79.9. The summed E-state index contributed by atoms with van der Waals surface area (Å²) in [6, 6.07) is 5.59. The lowest BCUT2D eigenvalue weighted by molar-refractivity contribution is -0.126. The molecule has 0 bridgehead atoms. The molecule has 5 nitrogen and oxygen atoms in total. The minimum absolute atomic E-state index is 0. The first-order valence-corrected chi connectivity index (χ1v) is 9.26. The Morgan fingerprint density at radius 1 is 1.20 bits per heavy atom. The normalized spacial score (nSPS) is 15.8. The highest BCUT2D eigenvalue weighted by Gasteiger charge is 2.32. The summed E-state index contributed by atoms with van der Waals surface area (Å²) in [4.78, 5) is 24.2. The SMILES string of the molecule is Cc1cc(NC(=O)CNC(=O)CC2(CN)CCCCC2)ccc1Br.Cl. The molecule has 7 heteroatoms. The smallest absolute Gasteiger partial charge is 0.243 e. The van der Waals surface area contributed by atoms with Crippen LogP contribution in [0.15, 0.2) is 22.7 Å². The minimum Gasteiger partial charge on any atom is -0.347 e. The van der Waals surface area contributed by atoms with E-state index in [0.717, 1.165) is 41.4 Å². The number of nitrogens with one attached hydrogen (secondary N) is 2. The molecule has 1 aliphatic carbocycles. The molecule has 1 aliphatic rings. The van der Waals surface area contributed by atoms with Gasteiger partial charge in [-0.1, -0.05) is 35.2 Å². The van der Waals surface area contributed by atoms with E-state index in [1.807, 2.05) is 25.1 Å². The highest BCUT2D eigenvalue weighted by Crippen LogP contribution is 2.38. The molecule has 0 aliphatic heterocycles. The third-order valence-corrected chi connectivity index (χ3v) is 5.66. The van der Waals surface area contributed by atoms with Gasteiger partial charge in [0.05, 0.1) is 6.54 Å². The molecular weight excluding hydrogens is 406 g/mol. The Labute approximate surface area is 164 Å². The first-order valence-electron chi connectivity index (χ1n) is 8.47. The van der Waals surface area contributed by atoms with E-state index in [4.69, 9.17) is 5.73 Å². The number of nitrogens with two attached hydrogens (primary N) is 1. The largest absolute Gasteiger partial charge is 0.347 e. The molecule has 0 radical (unpaired) electrons. The van der Waals surface area contributed by atoms with Crippen molar-refractivity contribution in [1.29, 1.82) is 0 Å². The van der Waals surface area contributed by atoms with Crippen LogP contribution in [0, 0.1) is 12.3 Å². The summed E-state index contributed by atoms with van der Waals surface area (Å²) >= 11 is 3.42. The van der Waals surface area contributed by atoms with Crippen molar-refractivity contribution in [3.8, 4) is 0 Å². The van der Waals surface area contributed by atoms with Crippen molar-refractivity contribution in [1.82, 2.24) is 5.32 Å². The van der Waals surface area contributed by atoms with E-state index in [9.17, 15) is 9.59 Å². The van der Waals surface area contributed by atoms with Crippen LogP contribution in [0.3, 0.4) is 0 Å². The number of hydrogen-bond acceptors (Lipinski definition) is 3. The second-order valence-electron chi connectivity index (χ2n) is 6.73. The van der Waals surface area contributed by atoms with Crippen molar-refractivity contribution in [3.63, 3.8) is 0 Å². The van der Waals surface area contributed by atoms with Crippen molar-refractivity contribution in [3.05, 3.63) is 28.2 Å². The first-order chi connectivity index (χ1) is 11.4. The van der Waals surface area contributed by atoms with Gasteiger partial charge in [-0.05, 0) is 55.5 Å². The van der Waals surface area contributed by atoms with Gasteiger partial charge in [-0.15, -0.1) is 12.4 Å². The Morgan fingerprint density at radius 2 is 1.88 bits per heavy atom. The Morgan fingerprint density at radius 3 is 2.48 bits per heavy atom. The zero-order chi connectivity index (χ0) is 17.6. The van der Waals surface area contributed by atoms with E-state index >= 15 is 0 Å². The van der Waals surface area contributed by atoms with Crippen LogP contribution in [-0.2, 0) is 9.59 Å². The second-order valence-corrected chi connectivity index (χ2v) is 7.58. The van der Waals surface area contributed by atoms with E-state index in [2.05, 4.69) is 26.6 Å². The van der Waals surface area contributed by atoms with Crippen molar-refractivity contribution in [2.24, 2.45) is 11.1 Å². The molecule has 1 fully saturated rings. The van der Waals surface area contributed by atoms with E-state index in [1.165, 1.54) is 6.42 Å². The van der Waals surface area contributed by atoms with Crippen molar-refractivity contribution in [2.75, 3.05) is 18.4 Å². The van der Waals surface area contributed by atoms with Gasteiger partial charge in [-0.2, -0.15) is 0 Å². The number of halogens is 2. The highest BCUT2D eigenvalue weighted by molar-refractivity contribution is 9.10. The summed E-state index contributed by atoms with van der Waals surface area (Å²) in [6.45, 7) is 2.47. The quantitative estimate of drug-likeness (QED) is 0.643. The van der Waals surface area contributed by atoms with Crippen LogP contribution < -0.4 is 16.4 Å². The lowest BCUT2D eigenvalue weighted by atomic mass is 9.71. The summed E-state index contributed by atoms with van der Waals surface area (Å²) in [7, 11) is 0. The standard InChI is InChI=1S/C18H26BrN3O2.ClH/c1-13-9-14(5-6-15(13)19)22-17(24)11-21-16(23)10-18(12-20)7-3-2-4-8-18;/h5-6,9H,2-4,7-8,10-12,20H2,1H3,(H,21,23)(H,22,24);1H. The van der Waals surface area contributed by atoms with Crippen LogP contribution in [0.2, 0.25) is 0 Å². The number of carbonyl (C=O) groups is 2. The fourth-order valence-electron chi connectivity index (χ4n) is 3.26. The fraction of sp³-hybridized carbons (Fsp3) is 0.556. The molecule has 0 atom stereocenters. The maximum Gasteiger partial charge on any atom is 0.243 e. The second kappa shape index (κ2) is 10.1. The monoisotopic (exact) mass is 431 g/mol. The average Bonchev–Trinajstić information content (AvgIpc) is 2.57. The Balaban J connectivity index is 0.00000312. The lowest BCUT2D eigenvalue weighted by Gasteiger charge is -2.35. The van der Waals surface area contributed by atoms with Crippen LogP contribution in [0.25, 0.3) is 0 Å². The Hall–Kier alpha value is -1.11. The Bertz CT molecular complexity index is 604. The zero-order valence-electron chi connectivity index (χ0n) is 14.6. The number of aryl methyl sites for hydroxylation is 1. The van der Waals surface area contributed by atoms with E-state index in [1.54, 1.807) is 0 Å². The van der Waals surface area contributed by atoms with Gasteiger partial charge in [0.1, 0.15) is 0 Å². The molecule has 2 rings (SSSR count). The first kappa shape index (κ1) is 21.9. The van der Waals surface area contributed by atoms with E-state index in [-0.39, 0.29) is 36.2 Å². The van der Waals surface area contributed by atoms with Gasteiger partial charge >= 0.3 is 0 Å². The number of carbonyl (C=O) groups excluding carboxylic acids is 2. The minimum atomic E-state index is -0.226. The Kier molecular flexibility index (Phi) is 8.89. The number of amides is 2. The molecule has 0 heterocycles. The van der Waals surface area contributed by atoms with Crippen LogP contribution in [0.1, 0.15) is 44.1 Å². The van der Waals surface area contributed by atoms with Gasteiger partial charge in [0, 0.05) is 16.6 Å². The van der Waals surface area contributed by atoms with Gasteiger partial charge < -0.3 is 16.4 Å². The maximum absolute atomic E-state index is 12.2. The van der Waals surface area contributed by atoms with Crippen molar-refractivity contribution < 1.29 is 9.59 Å². The van der Waals surface area contributed by atoms with Gasteiger partial charge in [-0.3, -0.25) is 9.59 Å². The summed E-state index contributed by atoms with van der Waals surface area (Å²) in [6.07, 6.45) is 5.90. The number of anilines is 1. The number of benzene rings is 1. The number of rotatable bonds is 6. The molecule has 4 N–H and O–H groups in total. The zero-order valence-corrected chi connectivity index (χ0v) is 17.0. The molecule has 140 valence electrons. The molecule has 1 saturated carbocycles. The van der Waals surface area contributed by atoms with Crippen molar-refractivity contribution in [2.45, 2.75) is 45.4 Å². The predicted octanol–water partition coefficient (Wildman–Crippen LogP) is 3.53. The summed E-state index contributed by atoms with van der Waals surface area (Å²) in [5, 5.41) is 5.51. The van der Waals surface area contributed by atoms with Crippen LogP contribution in [0.4, 0.5) is 5.69 Å². The molecule has 25 heavy (non-hydrogen) atoms. The summed E-state index contributed by atoms with van der Waals surface area (Å²) in [5.74, 6) is -0.319. The molecule has 0 saturated heterocycles. The molecule has 1 aromatic rings. The van der Waals surface area contributed by atoms with E-state index in [0.29, 0.717) is 13.0 Å². The van der Waals surface area contributed by atoms with Gasteiger partial charge in [-0.25, -0.2) is 0 Å². The van der Waals surface area contributed by atoms with E-state index < -0.39 is 0 Å². The molecular formula is C18H27BrClN3O2. The lowest BCUT2D eigenvalue weighted by Crippen LogP contribution is -2.40. The topological polar surface area (TPSA) is 84.2 Å². The third-order valence-electron chi connectivity index (χ3n) is 4.77. The van der Waals surface area contributed by atoms with Gasteiger partial charge in [0.15, 0.2) is 0 Å². The van der Waals surface area contributed by atoms with Crippen LogP contribution in [0.5, 0.6) is 0 Å². The maximum atomic E-state index is 12.2. The summed E-state index contributed by atoms with van der Waals surface area (Å²) in [5.41, 5.74) is 7.59. The van der Waals surface area contributed by atoms with Gasteiger partial charge in [0.25, 0.3) is 0 Å². The fourth-order valence-corrected chi connectivity index (χ4v) is 3.51. The van der Waals surface area contributed by atoms with Crippen LogP contribution in [-0.4, -0.2) is 24.9 Å². The molecule has 1 aromatic carbocycles. The molecule has 0 spiro atoms. The predicted molar refractivity (Wildman–Crippen MR) is 107 cm³/mol. The molecule has 2 amide bonds.